The number of fused-ring (bicyclic) bond motifs is 1. The molecule has 1 unspecified atom stereocenters. The van der Waals surface area contributed by atoms with Crippen LogP contribution in [0.3, 0.4) is 0 Å². The maximum Gasteiger partial charge on any atom is 0.408 e. The molecule has 2 aromatic carbocycles. The van der Waals surface area contributed by atoms with Crippen LogP contribution in [0.15, 0.2) is 57.3 Å². The normalized spacial score (nSPS) is 17.6. The molecule has 1 heterocycles. The van der Waals surface area contributed by atoms with Gasteiger partial charge in [0, 0.05) is 25.2 Å². The van der Waals surface area contributed by atoms with Crippen LogP contribution in [0.25, 0.3) is 0 Å². The van der Waals surface area contributed by atoms with Crippen molar-refractivity contribution in [2.45, 2.75) is 37.4 Å². The van der Waals surface area contributed by atoms with Gasteiger partial charge >= 0.3 is 16.2 Å². The fourth-order valence-electron chi connectivity index (χ4n) is 2.82. The Kier molecular flexibility index (Phi) is 5.73. The molecule has 0 fully saturated rings. The fourth-order valence-corrected chi connectivity index (χ4v) is 3.74. The Morgan fingerprint density at radius 3 is 2.48 bits per heavy atom. The Hall–Kier alpha value is -3.14. The molecule has 0 aliphatic carbocycles. The number of hydrogen-bond acceptors (Lipinski definition) is 7. The Morgan fingerprint density at radius 1 is 1.14 bits per heavy atom. The molecule has 1 amide bonds. The second-order valence-corrected chi connectivity index (χ2v) is 8.21. The average Bonchev–Trinajstić information content (AvgIpc) is 2.96. The fraction of sp³-hybridized carbons (Fsp3) is 0.316. The van der Waals surface area contributed by atoms with E-state index in [0.717, 1.165) is 25.1 Å². The summed E-state index contributed by atoms with van der Waals surface area (Å²) in [6.45, 7) is 4.41. The maximum absolute atomic E-state index is 12.6. The van der Waals surface area contributed by atoms with Gasteiger partial charge in [0.15, 0.2) is 0 Å². The number of anilines is 1. The van der Waals surface area contributed by atoms with Crippen molar-refractivity contribution < 1.29 is 22.5 Å². The van der Waals surface area contributed by atoms with E-state index in [9.17, 15) is 13.2 Å². The van der Waals surface area contributed by atoms with E-state index in [-0.39, 0.29) is 10.6 Å². The summed E-state index contributed by atoms with van der Waals surface area (Å²) in [6, 6.07) is 10.7. The number of nitrogens with one attached hydrogen (secondary N) is 2. The van der Waals surface area contributed by atoms with Gasteiger partial charge in [0.1, 0.15) is 10.6 Å². The number of nitrogens with zero attached hydrogens (tertiary/aromatic N) is 2. The number of rotatable bonds is 8. The van der Waals surface area contributed by atoms with Crippen LogP contribution >= 0.6 is 0 Å². The van der Waals surface area contributed by atoms with Gasteiger partial charge in [0.2, 0.25) is 5.79 Å². The van der Waals surface area contributed by atoms with Crippen LogP contribution in [0.5, 0.6) is 5.75 Å². The lowest BCUT2D eigenvalue weighted by Gasteiger charge is -2.16. The van der Waals surface area contributed by atoms with E-state index in [1.165, 1.54) is 37.3 Å². The summed E-state index contributed by atoms with van der Waals surface area (Å²) in [5.74, 6) is -1.29. The van der Waals surface area contributed by atoms with Gasteiger partial charge in [-0.25, -0.2) is 14.8 Å². The standard InChI is InChI=1S/C19H22N4O5S/c1-3-4-11-20-13-5-8-15(9-6-13)29(26,27)28-14-7-10-16-17(12-14)22-19(2,21-16)23-18(24)25/h5-10,12,20,23H,3-4,11H2,1-2H3,(H,24,25). The third kappa shape index (κ3) is 5.02. The summed E-state index contributed by atoms with van der Waals surface area (Å²) in [6.07, 6.45) is 0.832. The topological polar surface area (TPSA) is 129 Å². The predicted molar refractivity (Wildman–Crippen MR) is 106 cm³/mol. The van der Waals surface area contributed by atoms with Crippen LogP contribution in [-0.2, 0) is 10.1 Å². The van der Waals surface area contributed by atoms with E-state index in [4.69, 9.17) is 9.29 Å². The number of hydrogen-bond donors (Lipinski definition) is 3. The van der Waals surface area contributed by atoms with E-state index >= 15 is 0 Å². The van der Waals surface area contributed by atoms with Gasteiger partial charge < -0.3 is 14.6 Å². The molecule has 1 aliphatic rings. The van der Waals surface area contributed by atoms with Crippen LogP contribution < -0.4 is 25.5 Å². The van der Waals surface area contributed by atoms with E-state index in [1.54, 1.807) is 12.1 Å². The van der Waals surface area contributed by atoms with Crippen molar-refractivity contribution >= 4 is 21.9 Å². The highest BCUT2D eigenvalue weighted by atomic mass is 32.2. The molecule has 1 atom stereocenters. The van der Waals surface area contributed by atoms with Crippen molar-refractivity contribution in [3.63, 3.8) is 0 Å². The number of carbonyl (C=O) groups is 1. The van der Waals surface area contributed by atoms with Gasteiger partial charge in [-0.15, -0.1) is 0 Å². The highest BCUT2D eigenvalue weighted by molar-refractivity contribution is 7.87. The Balaban J connectivity index is 1.77. The number of benzene rings is 2. The molecule has 0 aromatic heterocycles. The largest absolute Gasteiger partial charge is 0.465 e. The molecule has 10 heteroatoms. The van der Waals surface area contributed by atoms with Crippen LogP contribution in [0.1, 0.15) is 26.7 Å². The van der Waals surface area contributed by atoms with Gasteiger partial charge in [0.05, 0.1) is 10.7 Å². The molecule has 1 aliphatic heterocycles. The summed E-state index contributed by atoms with van der Waals surface area (Å²) in [7, 11) is -4.03. The zero-order valence-electron chi connectivity index (χ0n) is 16.0. The predicted octanol–water partition coefficient (Wildman–Crippen LogP) is 1.86. The quantitative estimate of drug-likeness (QED) is 0.443. The number of unbranched alkanes of at least 4 members (excludes halogenated alkanes) is 1. The highest BCUT2D eigenvalue weighted by Crippen LogP contribution is 2.19. The minimum absolute atomic E-state index is 0.0260. The number of amides is 1. The smallest absolute Gasteiger partial charge is 0.408 e. The van der Waals surface area contributed by atoms with Crippen LogP contribution in [-0.4, -0.2) is 31.9 Å². The molecule has 9 nitrogen and oxygen atoms in total. The van der Waals surface area contributed by atoms with Crippen LogP contribution in [0.4, 0.5) is 10.5 Å². The molecule has 0 spiro atoms. The summed E-state index contributed by atoms with van der Waals surface area (Å²) in [5.41, 5.74) is 0.834. The van der Waals surface area contributed by atoms with Crippen molar-refractivity contribution in [1.29, 1.82) is 0 Å². The third-order valence-electron chi connectivity index (χ3n) is 4.18. The maximum atomic E-state index is 12.6. The first-order valence-corrected chi connectivity index (χ1v) is 10.5. The van der Waals surface area contributed by atoms with Crippen molar-refractivity contribution in [3.8, 4) is 5.75 Å². The Morgan fingerprint density at radius 2 is 1.83 bits per heavy atom. The lowest BCUT2D eigenvalue weighted by molar-refractivity contribution is 0.182. The molecule has 0 saturated carbocycles. The molecule has 0 saturated heterocycles. The molecule has 0 bridgehead atoms. The van der Waals surface area contributed by atoms with Crippen molar-refractivity contribution in [2.24, 2.45) is 9.98 Å². The second-order valence-electron chi connectivity index (χ2n) is 6.67. The lowest BCUT2D eigenvalue weighted by Crippen LogP contribution is -2.41. The van der Waals surface area contributed by atoms with Crippen molar-refractivity contribution in [3.05, 3.63) is 53.2 Å². The molecular formula is C19H22N4O5S. The molecular weight excluding hydrogens is 396 g/mol. The lowest BCUT2D eigenvalue weighted by atomic mass is 10.3. The number of carboxylic acid groups (broad SMARTS) is 1. The van der Waals surface area contributed by atoms with Crippen molar-refractivity contribution in [1.82, 2.24) is 5.32 Å². The summed E-state index contributed by atoms with van der Waals surface area (Å²) in [4.78, 5) is 19.3. The highest BCUT2D eigenvalue weighted by Gasteiger charge is 2.27. The monoisotopic (exact) mass is 418 g/mol. The third-order valence-corrected chi connectivity index (χ3v) is 5.44. The summed E-state index contributed by atoms with van der Waals surface area (Å²) >= 11 is 0. The molecule has 2 aromatic rings. The molecule has 154 valence electrons. The minimum Gasteiger partial charge on any atom is -0.465 e. The van der Waals surface area contributed by atoms with E-state index < -0.39 is 22.0 Å². The first-order valence-electron chi connectivity index (χ1n) is 9.10. The Labute approximate surface area is 168 Å². The first kappa shape index (κ1) is 20.6. The summed E-state index contributed by atoms with van der Waals surface area (Å²) in [5, 5.41) is 15.1. The molecule has 0 radical (unpaired) electrons. The minimum atomic E-state index is -4.03. The SMILES string of the molecule is CCCCNc1ccc(S(=O)(=O)Oc2ccc3c(c2)=NC(C)(NC(=O)O)N=3)cc1. The molecule has 3 N–H and O–H groups in total. The average molecular weight is 418 g/mol. The van der Waals surface area contributed by atoms with E-state index in [1.807, 2.05) is 0 Å². The second kappa shape index (κ2) is 8.08. The van der Waals surface area contributed by atoms with E-state index in [0.29, 0.717) is 10.7 Å². The molecule has 3 rings (SSSR count). The zero-order valence-corrected chi connectivity index (χ0v) is 16.9. The Bertz CT molecular complexity index is 1130. The molecule has 29 heavy (non-hydrogen) atoms. The van der Waals surface area contributed by atoms with Gasteiger partial charge in [-0.1, -0.05) is 13.3 Å². The van der Waals surface area contributed by atoms with Crippen LogP contribution in [0.2, 0.25) is 0 Å². The van der Waals surface area contributed by atoms with E-state index in [2.05, 4.69) is 27.5 Å². The zero-order chi connectivity index (χ0) is 21.1. The van der Waals surface area contributed by atoms with Gasteiger partial charge in [-0.05, 0) is 42.8 Å². The van der Waals surface area contributed by atoms with Gasteiger partial charge in [0.25, 0.3) is 0 Å². The summed E-state index contributed by atoms with van der Waals surface area (Å²) < 4.78 is 30.3. The van der Waals surface area contributed by atoms with Gasteiger partial charge in [-0.2, -0.15) is 8.42 Å². The van der Waals surface area contributed by atoms with Crippen molar-refractivity contribution in [2.75, 3.05) is 11.9 Å². The van der Waals surface area contributed by atoms with Gasteiger partial charge in [-0.3, -0.25) is 5.32 Å². The van der Waals surface area contributed by atoms with Crippen LogP contribution in [0, 0.1) is 0 Å². The first-order chi connectivity index (χ1) is 13.7.